The maximum Gasteiger partial charge on any atom is 0.227 e. The molecule has 1 atom stereocenters. The van der Waals surface area contributed by atoms with Crippen LogP contribution in [0.4, 0.5) is 5.82 Å². The van der Waals surface area contributed by atoms with Crippen molar-refractivity contribution < 1.29 is 0 Å². The van der Waals surface area contributed by atoms with E-state index in [0.29, 0.717) is 22.9 Å². The summed E-state index contributed by atoms with van der Waals surface area (Å²) >= 11 is 6.01. The quantitative estimate of drug-likeness (QED) is 0.700. The van der Waals surface area contributed by atoms with Crippen LogP contribution in [0.2, 0.25) is 5.15 Å². The van der Waals surface area contributed by atoms with Gasteiger partial charge in [0.1, 0.15) is 11.0 Å². The SMILES string of the molecule is CN=c1nc(Cl)cc2n1CC(C)N2C(C)C. The van der Waals surface area contributed by atoms with E-state index in [0.717, 1.165) is 12.4 Å². The standard InChI is InChI=1S/C11H17ClN4/c1-7(2)16-8(3)6-15-10(16)5-9(12)14-11(15)13-4/h5,7-8H,6H2,1-4H3. The molecule has 88 valence electrons. The maximum absolute atomic E-state index is 6.01. The van der Waals surface area contributed by atoms with E-state index in [-0.39, 0.29) is 0 Å². The molecule has 4 nitrogen and oxygen atoms in total. The number of nitrogens with zero attached hydrogens (tertiary/aromatic N) is 4. The first-order chi connectivity index (χ1) is 7.54. The van der Waals surface area contributed by atoms with Crippen LogP contribution in [-0.2, 0) is 6.54 Å². The van der Waals surface area contributed by atoms with Gasteiger partial charge in [0.15, 0.2) is 0 Å². The lowest BCUT2D eigenvalue weighted by molar-refractivity contribution is 0.571. The van der Waals surface area contributed by atoms with Gasteiger partial charge >= 0.3 is 0 Å². The highest BCUT2D eigenvalue weighted by atomic mass is 35.5. The molecule has 16 heavy (non-hydrogen) atoms. The van der Waals surface area contributed by atoms with Crippen LogP contribution in [0, 0.1) is 0 Å². The van der Waals surface area contributed by atoms with E-state index in [4.69, 9.17) is 11.6 Å². The Labute approximate surface area is 101 Å². The van der Waals surface area contributed by atoms with Gasteiger partial charge in [-0.3, -0.25) is 9.56 Å². The van der Waals surface area contributed by atoms with Crippen LogP contribution < -0.4 is 10.5 Å². The topological polar surface area (TPSA) is 33.4 Å². The minimum atomic E-state index is 0.451. The summed E-state index contributed by atoms with van der Waals surface area (Å²) in [5.41, 5.74) is 0.706. The van der Waals surface area contributed by atoms with Gasteiger partial charge in [-0.25, -0.2) is 4.98 Å². The number of hydrogen-bond donors (Lipinski definition) is 0. The number of aromatic nitrogens is 2. The second-order valence-corrected chi connectivity index (χ2v) is 4.81. The predicted octanol–water partition coefficient (Wildman–Crippen LogP) is 1.68. The Balaban J connectivity index is 2.63. The van der Waals surface area contributed by atoms with Crippen LogP contribution in [0.15, 0.2) is 11.1 Å². The minimum absolute atomic E-state index is 0.451. The predicted molar refractivity (Wildman–Crippen MR) is 65.8 cm³/mol. The third-order valence-electron chi connectivity index (χ3n) is 2.92. The number of halogens is 1. The Morgan fingerprint density at radius 3 is 2.81 bits per heavy atom. The maximum atomic E-state index is 6.01. The molecular weight excluding hydrogens is 224 g/mol. The van der Waals surface area contributed by atoms with E-state index in [2.05, 4.69) is 40.2 Å². The summed E-state index contributed by atoms with van der Waals surface area (Å²) in [4.78, 5) is 10.7. The first kappa shape index (κ1) is 11.5. The van der Waals surface area contributed by atoms with E-state index in [9.17, 15) is 0 Å². The zero-order valence-corrected chi connectivity index (χ0v) is 10.9. The van der Waals surface area contributed by atoms with Crippen molar-refractivity contribution >= 4 is 17.4 Å². The van der Waals surface area contributed by atoms with Crippen molar-refractivity contribution in [2.75, 3.05) is 11.9 Å². The van der Waals surface area contributed by atoms with Gasteiger partial charge in [0.2, 0.25) is 5.62 Å². The highest BCUT2D eigenvalue weighted by Gasteiger charge is 2.28. The zero-order chi connectivity index (χ0) is 11.9. The normalized spacial score (nSPS) is 20.8. The van der Waals surface area contributed by atoms with Gasteiger partial charge in [0.25, 0.3) is 0 Å². The highest BCUT2D eigenvalue weighted by Crippen LogP contribution is 2.27. The summed E-state index contributed by atoms with van der Waals surface area (Å²) in [6, 6.07) is 2.83. The molecule has 0 fully saturated rings. The summed E-state index contributed by atoms with van der Waals surface area (Å²) in [6.45, 7) is 7.50. The van der Waals surface area contributed by atoms with Crippen molar-refractivity contribution in [2.24, 2.45) is 4.99 Å². The molecule has 0 radical (unpaired) electrons. The molecule has 0 aliphatic carbocycles. The van der Waals surface area contributed by atoms with Gasteiger partial charge < -0.3 is 4.90 Å². The molecule has 0 bridgehead atoms. The van der Waals surface area contributed by atoms with Gasteiger partial charge in [0.05, 0.1) is 0 Å². The Morgan fingerprint density at radius 1 is 1.56 bits per heavy atom. The van der Waals surface area contributed by atoms with Crippen LogP contribution in [0.3, 0.4) is 0 Å². The number of fused-ring (bicyclic) bond motifs is 1. The van der Waals surface area contributed by atoms with Crippen molar-refractivity contribution in [2.45, 2.75) is 39.4 Å². The number of rotatable bonds is 1. The second-order valence-electron chi connectivity index (χ2n) is 4.42. The minimum Gasteiger partial charge on any atom is -0.351 e. The summed E-state index contributed by atoms with van der Waals surface area (Å²) < 4.78 is 2.12. The highest BCUT2D eigenvalue weighted by molar-refractivity contribution is 6.29. The molecule has 1 unspecified atom stereocenters. The second kappa shape index (κ2) is 4.09. The summed E-state index contributed by atoms with van der Waals surface area (Å²) in [6.07, 6.45) is 0. The third kappa shape index (κ3) is 1.71. The lowest BCUT2D eigenvalue weighted by Crippen LogP contribution is -2.35. The molecule has 1 aliphatic rings. The average molecular weight is 241 g/mol. The van der Waals surface area contributed by atoms with Crippen LogP contribution in [0.25, 0.3) is 0 Å². The monoisotopic (exact) mass is 240 g/mol. The first-order valence-corrected chi connectivity index (χ1v) is 5.91. The Morgan fingerprint density at radius 2 is 2.25 bits per heavy atom. The fourth-order valence-electron chi connectivity index (χ4n) is 2.39. The molecule has 0 saturated carbocycles. The third-order valence-corrected chi connectivity index (χ3v) is 3.11. The van der Waals surface area contributed by atoms with E-state index in [1.54, 1.807) is 7.05 Å². The van der Waals surface area contributed by atoms with E-state index in [1.165, 1.54) is 0 Å². The molecule has 0 spiro atoms. The van der Waals surface area contributed by atoms with Crippen LogP contribution in [-0.4, -0.2) is 28.7 Å². The number of anilines is 1. The Bertz CT molecular complexity index is 464. The van der Waals surface area contributed by atoms with Crippen molar-refractivity contribution in [3.05, 3.63) is 16.8 Å². The van der Waals surface area contributed by atoms with Crippen molar-refractivity contribution in [3.63, 3.8) is 0 Å². The first-order valence-electron chi connectivity index (χ1n) is 5.53. The molecule has 0 aromatic carbocycles. The average Bonchev–Trinajstić information content (AvgIpc) is 2.52. The fourth-order valence-corrected chi connectivity index (χ4v) is 2.56. The molecule has 2 rings (SSSR count). The number of hydrogen-bond acceptors (Lipinski definition) is 3. The molecule has 5 heteroatoms. The molecule has 0 amide bonds. The summed E-state index contributed by atoms with van der Waals surface area (Å²) in [5, 5.41) is 0.506. The zero-order valence-electron chi connectivity index (χ0n) is 10.1. The molecule has 0 N–H and O–H groups in total. The molecule has 2 heterocycles. The molecular formula is C11H17ClN4. The Hall–Kier alpha value is -1.03. The summed E-state index contributed by atoms with van der Waals surface area (Å²) in [5.74, 6) is 1.11. The fraction of sp³-hybridized carbons (Fsp3) is 0.636. The molecule has 0 saturated heterocycles. The van der Waals surface area contributed by atoms with Crippen molar-refractivity contribution in [1.29, 1.82) is 0 Å². The lowest BCUT2D eigenvalue weighted by atomic mass is 10.2. The molecule has 1 aromatic heterocycles. The van der Waals surface area contributed by atoms with Crippen LogP contribution >= 0.6 is 11.6 Å². The van der Waals surface area contributed by atoms with E-state index >= 15 is 0 Å². The van der Waals surface area contributed by atoms with Crippen LogP contribution in [0.1, 0.15) is 20.8 Å². The van der Waals surface area contributed by atoms with Gasteiger partial charge in [-0.2, -0.15) is 0 Å². The van der Waals surface area contributed by atoms with E-state index in [1.807, 2.05) is 6.07 Å². The molecule has 1 aliphatic heterocycles. The van der Waals surface area contributed by atoms with E-state index < -0.39 is 0 Å². The van der Waals surface area contributed by atoms with Gasteiger partial charge in [-0.05, 0) is 20.8 Å². The smallest absolute Gasteiger partial charge is 0.227 e. The lowest BCUT2D eigenvalue weighted by Gasteiger charge is -2.27. The van der Waals surface area contributed by atoms with Gasteiger partial charge in [0, 0.05) is 31.7 Å². The van der Waals surface area contributed by atoms with Crippen molar-refractivity contribution in [1.82, 2.24) is 9.55 Å². The summed E-state index contributed by atoms with van der Waals surface area (Å²) in [7, 11) is 1.74. The van der Waals surface area contributed by atoms with Crippen molar-refractivity contribution in [3.8, 4) is 0 Å². The Kier molecular flexibility index (Phi) is 2.93. The van der Waals surface area contributed by atoms with Crippen LogP contribution in [0.5, 0.6) is 0 Å². The molecule has 1 aromatic rings. The van der Waals surface area contributed by atoms with Gasteiger partial charge in [-0.15, -0.1) is 0 Å². The largest absolute Gasteiger partial charge is 0.351 e. The van der Waals surface area contributed by atoms with Gasteiger partial charge in [-0.1, -0.05) is 11.6 Å².